The van der Waals surface area contributed by atoms with Gasteiger partial charge in [0, 0.05) is 22.5 Å². The molecule has 0 radical (unpaired) electrons. The van der Waals surface area contributed by atoms with Crippen molar-refractivity contribution in [3.05, 3.63) is 68.1 Å². The monoisotopic (exact) mass is 417 g/mol. The third-order valence-corrected chi connectivity index (χ3v) is 4.52. The Morgan fingerprint density at radius 1 is 1.05 bits per heavy atom. The van der Waals surface area contributed by atoms with Crippen LogP contribution in [0.15, 0.2) is 45.3 Å². The van der Waals surface area contributed by atoms with Gasteiger partial charge in [0.25, 0.3) is 0 Å². The third kappa shape index (κ3) is 4.11. The molecule has 0 saturated carbocycles. The van der Waals surface area contributed by atoms with Crippen LogP contribution in [0.25, 0.3) is 0 Å². The number of rotatable bonds is 5. The molecule has 0 heterocycles. The summed E-state index contributed by atoms with van der Waals surface area (Å²) >= 11 is 6.50. The van der Waals surface area contributed by atoms with Crippen LogP contribution in [0.3, 0.4) is 0 Å². The first kappa shape index (κ1) is 16.6. The van der Waals surface area contributed by atoms with E-state index in [0.29, 0.717) is 13.0 Å². The Morgan fingerprint density at radius 3 is 2.33 bits per heavy atom. The summed E-state index contributed by atoms with van der Waals surface area (Å²) in [6.07, 6.45) is 0.305. The van der Waals surface area contributed by atoms with E-state index in [2.05, 4.69) is 37.2 Å². The molecule has 112 valence electrons. The lowest BCUT2D eigenvalue weighted by Gasteiger charge is -2.18. The molecule has 2 rings (SSSR count). The Labute approximate surface area is 140 Å². The van der Waals surface area contributed by atoms with E-state index in [-0.39, 0.29) is 16.0 Å². The molecule has 1 unspecified atom stereocenters. The van der Waals surface area contributed by atoms with Crippen molar-refractivity contribution in [3.63, 3.8) is 0 Å². The van der Waals surface area contributed by atoms with Crippen LogP contribution in [0.1, 0.15) is 17.0 Å². The maximum atomic E-state index is 14.1. The zero-order chi connectivity index (χ0) is 15.4. The highest BCUT2D eigenvalue weighted by molar-refractivity contribution is 9.10. The molecule has 0 amide bonds. The molecule has 0 bridgehead atoms. The Kier molecular flexibility index (Phi) is 5.90. The molecule has 1 atom stereocenters. The maximum absolute atomic E-state index is 14.1. The molecule has 5 heteroatoms. The second-order valence-corrected chi connectivity index (χ2v) is 6.60. The lowest BCUT2D eigenvalue weighted by molar-refractivity contribution is 0.526. The van der Waals surface area contributed by atoms with Gasteiger partial charge in [-0.15, -0.1) is 0 Å². The zero-order valence-corrected chi connectivity index (χ0v) is 14.6. The molecule has 0 saturated heterocycles. The number of hydrogen-bond donors (Lipinski definition) is 1. The summed E-state index contributed by atoms with van der Waals surface area (Å²) in [6, 6.07) is 10.5. The molecule has 2 aromatic rings. The second kappa shape index (κ2) is 7.47. The van der Waals surface area contributed by atoms with Crippen molar-refractivity contribution in [2.45, 2.75) is 12.3 Å². The van der Waals surface area contributed by atoms with Crippen LogP contribution in [-0.2, 0) is 6.42 Å². The van der Waals surface area contributed by atoms with Crippen LogP contribution in [-0.4, -0.2) is 13.6 Å². The predicted octanol–water partition coefficient (Wildman–Crippen LogP) is 5.04. The van der Waals surface area contributed by atoms with Gasteiger partial charge < -0.3 is 5.32 Å². The zero-order valence-electron chi connectivity index (χ0n) is 11.5. The van der Waals surface area contributed by atoms with Gasteiger partial charge in [0.1, 0.15) is 11.6 Å². The van der Waals surface area contributed by atoms with Crippen molar-refractivity contribution in [1.82, 2.24) is 5.32 Å². The summed E-state index contributed by atoms with van der Waals surface area (Å²) < 4.78 is 29.3. The number of hydrogen-bond acceptors (Lipinski definition) is 1. The van der Waals surface area contributed by atoms with Crippen molar-refractivity contribution in [2.24, 2.45) is 0 Å². The minimum Gasteiger partial charge on any atom is -0.319 e. The average Bonchev–Trinajstić information content (AvgIpc) is 2.47. The van der Waals surface area contributed by atoms with Crippen LogP contribution in [0.5, 0.6) is 0 Å². The third-order valence-electron chi connectivity index (χ3n) is 3.38. The molecule has 0 aromatic heterocycles. The molecule has 1 N–H and O–H groups in total. The Hall–Kier alpha value is -0.780. The van der Waals surface area contributed by atoms with E-state index >= 15 is 0 Å². The fourth-order valence-electron chi connectivity index (χ4n) is 2.29. The first-order chi connectivity index (χ1) is 10.0. The quantitative estimate of drug-likeness (QED) is 0.671. The molecule has 0 aliphatic carbocycles. The fraction of sp³-hybridized carbons (Fsp3) is 0.250. The van der Waals surface area contributed by atoms with Crippen LogP contribution in [0.4, 0.5) is 8.78 Å². The summed E-state index contributed by atoms with van der Waals surface area (Å²) in [4.78, 5) is 0. The maximum Gasteiger partial charge on any atom is 0.143 e. The van der Waals surface area contributed by atoms with E-state index in [1.807, 2.05) is 31.3 Å². The molecular weight excluding hydrogens is 404 g/mol. The summed E-state index contributed by atoms with van der Waals surface area (Å²) in [5, 5.41) is 3.09. The standard InChI is InChI=1S/C16H15Br2F2N/c1-21-9-11(10-2-4-12(17)5-3-10)8-13-15(19)7-6-14(18)16(13)20/h2-7,11,21H,8-9H2,1H3. The highest BCUT2D eigenvalue weighted by Gasteiger charge is 2.19. The van der Waals surface area contributed by atoms with Crippen molar-refractivity contribution in [1.29, 1.82) is 0 Å². The van der Waals surface area contributed by atoms with Gasteiger partial charge in [-0.05, 0) is 59.2 Å². The van der Waals surface area contributed by atoms with E-state index in [4.69, 9.17) is 0 Å². The Balaban J connectivity index is 2.32. The van der Waals surface area contributed by atoms with E-state index in [0.717, 1.165) is 10.0 Å². The molecule has 0 fully saturated rings. The van der Waals surface area contributed by atoms with Crippen LogP contribution >= 0.6 is 31.9 Å². The Bertz CT molecular complexity index is 614. The summed E-state index contributed by atoms with van der Waals surface area (Å²) in [7, 11) is 1.83. The van der Waals surface area contributed by atoms with Crippen molar-refractivity contribution >= 4 is 31.9 Å². The van der Waals surface area contributed by atoms with Gasteiger partial charge in [-0.1, -0.05) is 28.1 Å². The van der Waals surface area contributed by atoms with Gasteiger partial charge >= 0.3 is 0 Å². The van der Waals surface area contributed by atoms with E-state index in [1.54, 1.807) is 0 Å². The van der Waals surface area contributed by atoms with Crippen LogP contribution in [0.2, 0.25) is 0 Å². The molecule has 0 aliphatic heterocycles. The lowest BCUT2D eigenvalue weighted by Crippen LogP contribution is -2.20. The average molecular weight is 419 g/mol. The molecular formula is C16H15Br2F2N. The number of benzene rings is 2. The van der Waals surface area contributed by atoms with Gasteiger partial charge in [-0.2, -0.15) is 0 Å². The van der Waals surface area contributed by atoms with E-state index in [1.165, 1.54) is 12.1 Å². The second-order valence-electron chi connectivity index (χ2n) is 4.83. The smallest absolute Gasteiger partial charge is 0.143 e. The fourth-order valence-corrected chi connectivity index (χ4v) is 2.93. The largest absolute Gasteiger partial charge is 0.319 e. The highest BCUT2D eigenvalue weighted by atomic mass is 79.9. The number of halogens is 4. The predicted molar refractivity (Wildman–Crippen MR) is 88.6 cm³/mol. The van der Waals surface area contributed by atoms with Crippen LogP contribution < -0.4 is 5.32 Å². The number of likely N-dealkylation sites (N-methyl/N-ethyl adjacent to an activating group) is 1. The van der Waals surface area contributed by atoms with Crippen molar-refractivity contribution in [3.8, 4) is 0 Å². The Morgan fingerprint density at radius 2 is 1.71 bits per heavy atom. The summed E-state index contributed by atoms with van der Waals surface area (Å²) in [5.74, 6) is -1.02. The topological polar surface area (TPSA) is 12.0 Å². The van der Waals surface area contributed by atoms with Gasteiger partial charge in [0.2, 0.25) is 0 Å². The van der Waals surface area contributed by atoms with Crippen molar-refractivity contribution < 1.29 is 8.78 Å². The van der Waals surface area contributed by atoms with Gasteiger partial charge in [-0.25, -0.2) is 8.78 Å². The highest BCUT2D eigenvalue weighted by Crippen LogP contribution is 2.28. The lowest BCUT2D eigenvalue weighted by atomic mass is 9.91. The summed E-state index contributed by atoms with van der Waals surface area (Å²) in [6.45, 7) is 0.646. The molecule has 0 aliphatic rings. The van der Waals surface area contributed by atoms with E-state index in [9.17, 15) is 8.78 Å². The molecule has 1 nitrogen and oxygen atoms in total. The molecule has 21 heavy (non-hydrogen) atoms. The normalized spacial score (nSPS) is 12.4. The van der Waals surface area contributed by atoms with Crippen molar-refractivity contribution in [2.75, 3.05) is 13.6 Å². The SMILES string of the molecule is CNCC(Cc1c(F)ccc(Br)c1F)c1ccc(Br)cc1. The van der Waals surface area contributed by atoms with Crippen LogP contribution in [0, 0.1) is 11.6 Å². The number of nitrogens with one attached hydrogen (secondary N) is 1. The minimum absolute atomic E-state index is 0.00130. The molecule has 0 spiro atoms. The first-order valence-corrected chi connectivity index (χ1v) is 8.14. The van der Waals surface area contributed by atoms with Gasteiger partial charge in [-0.3, -0.25) is 0 Å². The van der Waals surface area contributed by atoms with Gasteiger partial charge in [0.15, 0.2) is 0 Å². The summed E-state index contributed by atoms with van der Waals surface area (Å²) in [5.41, 5.74) is 1.17. The van der Waals surface area contributed by atoms with E-state index < -0.39 is 11.6 Å². The first-order valence-electron chi connectivity index (χ1n) is 6.55. The minimum atomic E-state index is -0.520. The molecule has 2 aromatic carbocycles. The van der Waals surface area contributed by atoms with Gasteiger partial charge in [0.05, 0.1) is 4.47 Å².